The summed E-state index contributed by atoms with van der Waals surface area (Å²) in [5, 5.41) is 21.7. The lowest BCUT2D eigenvalue weighted by Crippen LogP contribution is -2.35. The smallest absolute Gasteiger partial charge is 0.177 e. The van der Waals surface area contributed by atoms with Crippen LogP contribution >= 0.6 is 0 Å². The molecule has 0 amide bonds. The average molecular weight is 384 g/mol. The molecular formula is C22H28N2O4. The molecule has 2 heterocycles. The largest absolute Gasteiger partial charge is 0.545 e. The molecule has 0 aliphatic carbocycles. The number of carbonyl (C=O) groups excluding carboxylic acids is 2. The zero-order valence-electron chi connectivity index (χ0n) is 16.2. The molecule has 0 aromatic carbocycles. The lowest BCUT2D eigenvalue weighted by molar-refractivity contribution is -0.697. The molecule has 0 fully saturated rings. The van der Waals surface area contributed by atoms with Gasteiger partial charge in [0.25, 0.3) is 0 Å². The fourth-order valence-corrected chi connectivity index (χ4v) is 3.21. The van der Waals surface area contributed by atoms with Gasteiger partial charge in [0.05, 0.1) is 23.1 Å². The topological polar surface area (TPSA) is 88.0 Å². The van der Waals surface area contributed by atoms with E-state index >= 15 is 0 Å². The van der Waals surface area contributed by atoms with Crippen LogP contribution < -0.4 is 19.3 Å². The van der Waals surface area contributed by atoms with E-state index in [4.69, 9.17) is 0 Å². The van der Waals surface area contributed by atoms with Crippen molar-refractivity contribution in [1.29, 1.82) is 0 Å². The summed E-state index contributed by atoms with van der Waals surface area (Å²) < 4.78 is 3.80. The normalized spacial score (nSPS) is 10.7. The predicted molar refractivity (Wildman–Crippen MR) is 98.9 cm³/mol. The summed E-state index contributed by atoms with van der Waals surface area (Å²) in [4.78, 5) is 21.7. The minimum atomic E-state index is -1.14. The van der Waals surface area contributed by atoms with Gasteiger partial charge in [0.1, 0.15) is 13.1 Å². The molecule has 6 nitrogen and oxygen atoms in total. The maximum Gasteiger partial charge on any atom is 0.177 e. The monoisotopic (exact) mass is 384 g/mol. The van der Waals surface area contributed by atoms with Crippen molar-refractivity contribution in [2.75, 3.05) is 0 Å². The Morgan fingerprint density at radius 1 is 0.643 bits per heavy atom. The highest BCUT2D eigenvalue weighted by atomic mass is 16.4. The second-order valence-electron chi connectivity index (χ2n) is 7.06. The fourth-order valence-electron chi connectivity index (χ4n) is 3.21. The number of aromatic carboxylic acids is 2. The molecule has 0 aliphatic rings. The van der Waals surface area contributed by atoms with E-state index in [0.717, 1.165) is 38.8 Å². The third-order valence-electron chi connectivity index (χ3n) is 4.77. The first kappa shape index (κ1) is 21.5. The Labute approximate surface area is 166 Å². The van der Waals surface area contributed by atoms with Crippen molar-refractivity contribution >= 4 is 11.9 Å². The van der Waals surface area contributed by atoms with Crippen LogP contribution in [0.4, 0.5) is 0 Å². The molecule has 2 aromatic heterocycles. The van der Waals surface area contributed by atoms with Crippen molar-refractivity contribution in [1.82, 2.24) is 0 Å². The Kier molecular flexibility index (Phi) is 9.11. The van der Waals surface area contributed by atoms with Gasteiger partial charge in [-0.25, -0.2) is 9.13 Å². The van der Waals surface area contributed by atoms with E-state index in [1.807, 2.05) is 21.5 Å². The Hall–Kier alpha value is -2.76. The van der Waals surface area contributed by atoms with E-state index in [1.165, 1.54) is 25.7 Å². The van der Waals surface area contributed by atoms with E-state index < -0.39 is 11.9 Å². The zero-order valence-corrected chi connectivity index (χ0v) is 16.2. The van der Waals surface area contributed by atoms with Crippen LogP contribution in [0.25, 0.3) is 0 Å². The van der Waals surface area contributed by atoms with Gasteiger partial charge >= 0.3 is 0 Å². The number of aromatic nitrogens is 2. The van der Waals surface area contributed by atoms with Gasteiger partial charge in [-0.1, -0.05) is 25.7 Å². The van der Waals surface area contributed by atoms with Gasteiger partial charge in [-0.15, -0.1) is 0 Å². The van der Waals surface area contributed by atoms with Crippen LogP contribution in [0.5, 0.6) is 0 Å². The summed E-state index contributed by atoms with van der Waals surface area (Å²) in [5.74, 6) is -2.28. The summed E-state index contributed by atoms with van der Waals surface area (Å²) in [6.45, 7) is 1.65. The van der Waals surface area contributed by atoms with Crippen LogP contribution in [0.15, 0.2) is 49.1 Å². The molecule has 0 aliphatic heterocycles. The number of nitrogens with zero attached hydrogens (tertiary/aromatic N) is 2. The van der Waals surface area contributed by atoms with Crippen LogP contribution in [0.3, 0.4) is 0 Å². The predicted octanol–water partition coefficient (Wildman–Crippen LogP) is 0.810. The number of aryl methyl sites for hydroxylation is 2. The molecule has 0 radical (unpaired) electrons. The van der Waals surface area contributed by atoms with Gasteiger partial charge in [0, 0.05) is 25.0 Å². The maximum absolute atomic E-state index is 10.8. The minimum absolute atomic E-state index is 0.215. The summed E-state index contributed by atoms with van der Waals surface area (Å²) >= 11 is 0. The number of pyridine rings is 2. The van der Waals surface area contributed by atoms with Crippen molar-refractivity contribution in [2.45, 2.75) is 64.5 Å². The van der Waals surface area contributed by atoms with Crippen LogP contribution in [0, 0.1) is 0 Å². The number of unbranched alkanes of at least 4 members (excludes halogenated alkanes) is 7. The number of rotatable bonds is 13. The van der Waals surface area contributed by atoms with Gasteiger partial charge in [0.2, 0.25) is 0 Å². The van der Waals surface area contributed by atoms with Crippen LogP contribution in [-0.4, -0.2) is 11.9 Å². The highest BCUT2D eigenvalue weighted by molar-refractivity contribution is 5.85. The number of carbonyl (C=O) groups is 2. The quantitative estimate of drug-likeness (QED) is 0.378. The van der Waals surface area contributed by atoms with Crippen LogP contribution in [-0.2, 0) is 13.1 Å². The summed E-state index contributed by atoms with van der Waals surface area (Å²) in [5.41, 5.74) is 0.430. The SMILES string of the molecule is O=C([O-])c1ccc[n+](CCCCCCCCCC[n+]2cccc(C(=O)[O-])c2)c1. The second-order valence-corrected chi connectivity index (χ2v) is 7.06. The average Bonchev–Trinajstić information content (AvgIpc) is 2.69. The third-order valence-corrected chi connectivity index (χ3v) is 4.77. The fraction of sp³-hybridized carbons (Fsp3) is 0.455. The third kappa shape index (κ3) is 7.86. The number of hydrogen-bond donors (Lipinski definition) is 0. The molecule has 28 heavy (non-hydrogen) atoms. The number of carboxylic acids is 2. The van der Waals surface area contributed by atoms with Crippen molar-refractivity contribution < 1.29 is 28.9 Å². The summed E-state index contributed by atoms with van der Waals surface area (Å²) in [7, 11) is 0. The van der Waals surface area contributed by atoms with E-state index in [1.54, 1.807) is 36.7 Å². The van der Waals surface area contributed by atoms with E-state index in [-0.39, 0.29) is 11.1 Å². The second kappa shape index (κ2) is 11.8. The Balaban J connectivity index is 1.49. The molecule has 2 aromatic rings. The lowest BCUT2D eigenvalue weighted by Gasteiger charge is -2.03. The molecular weight excluding hydrogens is 356 g/mol. The minimum Gasteiger partial charge on any atom is -0.545 e. The van der Waals surface area contributed by atoms with Gasteiger partial charge in [-0.3, -0.25) is 0 Å². The standard InChI is InChI=1S/C22H28N2O4/c25-21(26)19-11-9-15-23(17-19)13-7-5-3-1-2-4-6-8-14-24-16-10-12-20(18-24)22(27)28/h9-12,15-18H,1-8,13-14H2. The first-order chi connectivity index (χ1) is 13.6. The molecule has 150 valence electrons. The Morgan fingerprint density at radius 3 is 1.36 bits per heavy atom. The molecule has 6 heteroatoms. The maximum atomic E-state index is 10.8. The van der Waals surface area contributed by atoms with Gasteiger partial charge in [0.15, 0.2) is 24.8 Å². The molecule has 0 N–H and O–H groups in total. The first-order valence-corrected chi connectivity index (χ1v) is 9.97. The molecule has 0 bridgehead atoms. The molecule has 0 spiro atoms. The summed E-state index contributed by atoms with van der Waals surface area (Å²) in [6.07, 6.45) is 16.1. The Bertz CT molecular complexity index is 711. The highest BCUT2D eigenvalue weighted by Crippen LogP contribution is 2.08. The molecule has 2 rings (SSSR count). The number of carboxylic acid groups (broad SMARTS) is 2. The van der Waals surface area contributed by atoms with Gasteiger partial charge in [-0.2, -0.15) is 0 Å². The molecule has 0 saturated carbocycles. The molecule has 0 atom stereocenters. The molecule has 0 saturated heterocycles. The zero-order chi connectivity index (χ0) is 20.2. The van der Waals surface area contributed by atoms with Gasteiger partial charge in [-0.05, 0) is 25.0 Å². The van der Waals surface area contributed by atoms with Crippen molar-refractivity contribution in [3.05, 3.63) is 60.2 Å². The first-order valence-electron chi connectivity index (χ1n) is 9.97. The summed E-state index contributed by atoms with van der Waals surface area (Å²) in [6, 6.07) is 6.56. The van der Waals surface area contributed by atoms with Crippen molar-refractivity contribution in [3.63, 3.8) is 0 Å². The van der Waals surface area contributed by atoms with E-state index in [0.29, 0.717) is 0 Å². The van der Waals surface area contributed by atoms with Crippen molar-refractivity contribution in [2.24, 2.45) is 0 Å². The lowest BCUT2D eigenvalue weighted by atomic mass is 10.1. The van der Waals surface area contributed by atoms with Crippen LogP contribution in [0.1, 0.15) is 72.1 Å². The molecule has 0 unspecified atom stereocenters. The Morgan fingerprint density at radius 2 is 1.00 bits per heavy atom. The highest BCUT2D eigenvalue weighted by Gasteiger charge is 2.04. The van der Waals surface area contributed by atoms with E-state index in [2.05, 4.69) is 0 Å². The van der Waals surface area contributed by atoms with E-state index in [9.17, 15) is 19.8 Å². The van der Waals surface area contributed by atoms with Gasteiger partial charge < -0.3 is 19.8 Å². The van der Waals surface area contributed by atoms with Crippen LogP contribution in [0.2, 0.25) is 0 Å². The van der Waals surface area contributed by atoms with Crippen molar-refractivity contribution in [3.8, 4) is 0 Å². The number of hydrogen-bond acceptors (Lipinski definition) is 4.